The van der Waals surface area contributed by atoms with Crippen molar-refractivity contribution in [2.75, 3.05) is 13.2 Å². The molecule has 0 radical (unpaired) electrons. The zero-order valence-corrected chi connectivity index (χ0v) is 17.1. The Morgan fingerprint density at radius 2 is 1.19 bits per heavy atom. The van der Waals surface area contributed by atoms with Gasteiger partial charge in [0.2, 0.25) is 0 Å². The normalized spacial score (nSPS) is 37.0. The van der Waals surface area contributed by atoms with Gasteiger partial charge in [0.15, 0.2) is 5.41 Å². The number of fused-ring (bicyclic) bond motifs is 4. The van der Waals surface area contributed by atoms with E-state index in [2.05, 4.69) is 0 Å². The van der Waals surface area contributed by atoms with Gasteiger partial charge in [0.05, 0.1) is 13.2 Å². The summed E-state index contributed by atoms with van der Waals surface area (Å²) < 4.78 is 11.5. The Morgan fingerprint density at radius 3 is 1.48 bits per heavy atom. The van der Waals surface area contributed by atoms with E-state index in [1.807, 2.05) is 13.8 Å². The molecule has 0 saturated heterocycles. The molecule has 4 fully saturated rings. The van der Waals surface area contributed by atoms with Gasteiger partial charge >= 0.3 is 11.9 Å². The van der Waals surface area contributed by atoms with Crippen molar-refractivity contribution < 1.29 is 19.1 Å². The number of hydrogen-bond acceptors (Lipinski definition) is 4. The fourth-order valence-corrected chi connectivity index (χ4v) is 6.71. The van der Waals surface area contributed by atoms with Gasteiger partial charge in [-0.3, -0.25) is 9.59 Å². The summed E-state index contributed by atoms with van der Waals surface area (Å²) in [4.78, 5) is 25.9. The zero-order valence-electron chi connectivity index (χ0n) is 17.1. The molecule has 4 heteroatoms. The van der Waals surface area contributed by atoms with E-state index in [-0.39, 0.29) is 11.9 Å². The van der Waals surface area contributed by atoms with Crippen molar-refractivity contribution >= 4 is 11.9 Å². The Bertz CT molecular complexity index is 521. The van der Waals surface area contributed by atoms with Crippen LogP contribution in [0.1, 0.15) is 78.1 Å². The predicted molar refractivity (Wildman–Crippen MR) is 103 cm³/mol. The van der Waals surface area contributed by atoms with Crippen molar-refractivity contribution in [1.29, 1.82) is 0 Å². The molecular weight excluding hydrogens is 340 g/mol. The van der Waals surface area contributed by atoms with Gasteiger partial charge in [-0.1, -0.05) is 26.7 Å². The van der Waals surface area contributed by atoms with Crippen LogP contribution < -0.4 is 0 Å². The first kappa shape index (κ1) is 19.3. The molecule has 0 aromatic rings. The van der Waals surface area contributed by atoms with Crippen LogP contribution in [0, 0.1) is 40.9 Å². The van der Waals surface area contributed by atoms with E-state index in [0.717, 1.165) is 23.7 Å². The largest absolute Gasteiger partial charge is 0.465 e. The van der Waals surface area contributed by atoms with Crippen molar-refractivity contribution in [2.24, 2.45) is 40.9 Å². The maximum atomic E-state index is 12.9. The highest BCUT2D eigenvalue weighted by atomic mass is 16.6. The van der Waals surface area contributed by atoms with Crippen LogP contribution in [0.3, 0.4) is 0 Å². The molecule has 6 unspecified atom stereocenters. The summed E-state index contributed by atoms with van der Waals surface area (Å²) in [5.41, 5.74) is -1.12. The number of carbonyl (C=O) groups is 2. The van der Waals surface area contributed by atoms with E-state index in [4.69, 9.17) is 9.47 Å². The lowest BCUT2D eigenvalue weighted by Crippen LogP contribution is -2.42. The summed E-state index contributed by atoms with van der Waals surface area (Å²) in [5.74, 6) is 3.44. The summed E-state index contributed by atoms with van der Waals surface area (Å²) in [6, 6.07) is 0. The summed E-state index contributed by atoms with van der Waals surface area (Å²) in [6.45, 7) is 4.78. The van der Waals surface area contributed by atoms with Gasteiger partial charge in [-0.2, -0.15) is 0 Å². The molecule has 4 nitrogen and oxygen atoms in total. The van der Waals surface area contributed by atoms with Gasteiger partial charge in [-0.25, -0.2) is 0 Å². The molecule has 6 atom stereocenters. The second kappa shape index (κ2) is 7.75. The van der Waals surface area contributed by atoms with Crippen molar-refractivity contribution in [1.82, 2.24) is 0 Å². The number of hydrogen-bond donors (Lipinski definition) is 0. The third kappa shape index (κ3) is 3.53. The van der Waals surface area contributed by atoms with Gasteiger partial charge in [0.25, 0.3) is 0 Å². The van der Waals surface area contributed by atoms with Crippen molar-refractivity contribution in [3.05, 3.63) is 0 Å². The van der Waals surface area contributed by atoms with Crippen LogP contribution in [0.15, 0.2) is 0 Å². The molecule has 0 spiro atoms. The summed E-state index contributed by atoms with van der Waals surface area (Å²) in [7, 11) is 0. The maximum Gasteiger partial charge on any atom is 0.323 e. The molecule has 0 amide bonds. The Labute approximate surface area is 163 Å². The summed E-state index contributed by atoms with van der Waals surface area (Å²) >= 11 is 0. The van der Waals surface area contributed by atoms with Gasteiger partial charge in [-0.05, 0) is 86.9 Å². The van der Waals surface area contributed by atoms with Gasteiger partial charge in [0.1, 0.15) is 0 Å². The minimum Gasteiger partial charge on any atom is -0.465 e. The molecule has 0 N–H and O–H groups in total. The second-order valence-corrected chi connectivity index (χ2v) is 9.86. The van der Waals surface area contributed by atoms with E-state index < -0.39 is 5.41 Å². The summed E-state index contributed by atoms with van der Waals surface area (Å²) in [5, 5.41) is 0. The fraction of sp³-hybridized carbons (Fsp3) is 0.913. The first-order valence-electron chi connectivity index (χ1n) is 11.4. The number of carbonyl (C=O) groups excluding carboxylic acids is 2. The van der Waals surface area contributed by atoms with E-state index in [0.29, 0.717) is 37.9 Å². The Kier molecular flexibility index (Phi) is 5.53. The van der Waals surface area contributed by atoms with E-state index >= 15 is 0 Å². The van der Waals surface area contributed by atoms with E-state index in [9.17, 15) is 9.59 Å². The molecule has 0 aliphatic heterocycles. The average Bonchev–Trinajstić information content (AvgIpc) is 3.47. The van der Waals surface area contributed by atoms with Crippen LogP contribution in [0.4, 0.5) is 0 Å². The lowest BCUT2D eigenvalue weighted by Gasteiger charge is -2.30. The van der Waals surface area contributed by atoms with Crippen LogP contribution in [0.2, 0.25) is 0 Å². The van der Waals surface area contributed by atoms with Crippen LogP contribution >= 0.6 is 0 Å². The first-order valence-corrected chi connectivity index (χ1v) is 11.4. The lowest BCUT2D eigenvalue weighted by atomic mass is 9.82. The molecule has 27 heavy (non-hydrogen) atoms. The molecule has 4 aliphatic carbocycles. The second-order valence-electron chi connectivity index (χ2n) is 9.86. The highest BCUT2D eigenvalue weighted by Gasteiger charge is 2.48. The minimum absolute atomic E-state index is 0.354. The zero-order chi connectivity index (χ0) is 19.0. The molecule has 4 saturated carbocycles. The van der Waals surface area contributed by atoms with E-state index in [1.165, 1.54) is 51.4 Å². The minimum atomic E-state index is -1.12. The standard InChI is InChI=1S/C23H36O4/c1-3-23(4-2,21(24)26-13-19-11-15-5-7-17(19)9-15)22(25)27-14-20-12-16-6-8-18(20)10-16/h15-20H,3-14H2,1-2H3. The van der Waals surface area contributed by atoms with Crippen LogP contribution in [-0.2, 0) is 19.1 Å². The Morgan fingerprint density at radius 1 is 0.741 bits per heavy atom. The molecular formula is C23H36O4. The Hall–Kier alpha value is -1.06. The van der Waals surface area contributed by atoms with Crippen LogP contribution in [0.5, 0.6) is 0 Å². The number of esters is 2. The first-order chi connectivity index (χ1) is 13.1. The molecule has 0 aromatic heterocycles. The van der Waals surface area contributed by atoms with E-state index in [1.54, 1.807) is 0 Å². The van der Waals surface area contributed by atoms with Crippen molar-refractivity contribution in [3.8, 4) is 0 Å². The van der Waals surface area contributed by atoms with Crippen molar-refractivity contribution in [2.45, 2.75) is 78.1 Å². The highest BCUT2D eigenvalue weighted by Crippen LogP contribution is 2.49. The smallest absolute Gasteiger partial charge is 0.323 e. The Balaban J connectivity index is 1.31. The maximum absolute atomic E-state index is 12.9. The summed E-state index contributed by atoms with van der Waals surface area (Å²) in [6.07, 6.45) is 11.2. The lowest BCUT2D eigenvalue weighted by molar-refractivity contribution is -0.175. The van der Waals surface area contributed by atoms with Gasteiger partial charge in [0, 0.05) is 0 Å². The topological polar surface area (TPSA) is 52.6 Å². The molecule has 4 bridgehead atoms. The monoisotopic (exact) mass is 376 g/mol. The molecule has 152 valence electrons. The van der Waals surface area contributed by atoms with Crippen LogP contribution in [-0.4, -0.2) is 25.2 Å². The third-order valence-electron chi connectivity index (χ3n) is 8.61. The van der Waals surface area contributed by atoms with Crippen LogP contribution in [0.25, 0.3) is 0 Å². The molecule has 4 rings (SSSR count). The van der Waals surface area contributed by atoms with Gasteiger partial charge < -0.3 is 9.47 Å². The number of ether oxygens (including phenoxy) is 2. The molecule has 0 aromatic carbocycles. The predicted octanol–water partition coefficient (Wildman–Crippen LogP) is 4.75. The molecule has 4 aliphatic rings. The fourth-order valence-electron chi connectivity index (χ4n) is 6.71. The SMILES string of the molecule is CCC(CC)(C(=O)OCC1CC2CCC1C2)C(=O)OCC1CC2CCC1C2. The van der Waals surface area contributed by atoms with Crippen molar-refractivity contribution in [3.63, 3.8) is 0 Å². The average molecular weight is 377 g/mol. The third-order valence-corrected chi connectivity index (χ3v) is 8.61. The highest BCUT2D eigenvalue weighted by molar-refractivity contribution is 6.00. The number of rotatable bonds is 8. The van der Waals surface area contributed by atoms with Gasteiger partial charge in [-0.15, -0.1) is 0 Å². The quantitative estimate of drug-likeness (QED) is 0.453. The molecule has 0 heterocycles.